The smallest absolute Gasteiger partial charge is 0.128 e. The predicted octanol–water partition coefficient (Wildman–Crippen LogP) is 4.51. The van der Waals surface area contributed by atoms with Crippen LogP contribution < -0.4 is 0 Å². The first kappa shape index (κ1) is 11.9. The summed E-state index contributed by atoms with van der Waals surface area (Å²) >= 11 is 5.41. The van der Waals surface area contributed by atoms with E-state index in [0.717, 1.165) is 21.6 Å². The molecule has 1 heterocycles. The van der Waals surface area contributed by atoms with Crippen molar-refractivity contribution in [1.82, 2.24) is 9.78 Å². The fourth-order valence-electron chi connectivity index (χ4n) is 2.05. The molecular weight excluding hydrogens is 252 g/mol. The monoisotopic (exact) mass is 266 g/mol. The Hall–Kier alpha value is -2.13. The van der Waals surface area contributed by atoms with E-state index in [0.29, 0.717) is 0 Å². The number of hydrogen-bond donors (Lipinski definition) is 1. The van der Waals surface area contributed by atoms with E-state index in [1.54, 1.807) is 0 Å². The van der Waals surface area contributed by atoms with E-state index in [1.807, 2.05) is 41.1 Å². The topological polar surface area (TPSA) is 20.7 Å². The highest BCUT2D eigenvalue weighted by Crippen LogP contribution is 2.20. The van der Waals surface area contributed by atoms with Crippen molar-refractivity contribution in [3.63, 3.8) is 0 Å². The number of aromatic amines is 1. The van der Waals surface area contributed by atoms with Crippen LogP contribution in [0.5, 0.6) is 0 Å². The van der Waals surface area contributed by atoms with Gasteiger partial charge in [-0.05, 0) is 24.6 Å². The number of H-pyrrole nitrogens is 1. The Bertz CT molecular complexity index is 736. The summed E-state index contributed by atoms with van der Waals surface area (Å²) in [6.45, 7) is 2.08. The molecule has 2 nitrogen and oxygen atoms in total. The quantitative estimate of drug-likeness (QED) is 0.677. The third kappa shape index (κ3) is 2.37. The average Bonchev–Trinajstić information content (AvgIpc) is 2.83. The Labute approximate surface area is 117 Å². The van der Waals surface area contributed by atoms with Gasteiger partial charge in [-0.25, -0.2) is 4.68 Å². The fraction of sp³-hybridized carbons (Fsp3) is 0.0625. The number of nitrogens with zero attached hydrogens (tertiary/aromatic N) is 1. The van der Waals surface area contributed by atoms with E-state index in [9.17, 15) is 0 Å². The van der Waals surface area contributed by atoms with Gasteiger partial charge in [-0.2, -0.15) is 0 Å². The predicted molar refractivity (Wildman–Crippen MR) is 81.1 cm³/mol. The van der Waals surface area contributed by atoms with Gasteiger partial charge in [0.05, 0.1) is 11.4 Å². The van der Waals surface area contributed by atoms with Crippen LogP contribution in [0.25, 0.3) is 16.9 Å². The van der Waals surface area contributed by atoms with E-state index >= 15 is 0 Å². The first-order chi connectivity index (χ1) is 9.24. The number of rotatable bonds is 2. The van der Waals surface area contributed by atoms with Crippen molar-refractivity contribution >= 4 is 12.2 Å². The molecule has 0 unspecified atom stereocenters. The van der Waals surface area contributed by atoms with Crippen molar-refractivity contribution in [2.45, 2.75) is 6.92 Å². The largest absolute Gasteiger partial charge is 0.292 e. The van der Waals surface area contributed by atoms with Crippen molar-refractivity contribution in [3.05, 3.63) is 70.9 Å². The minimum absolute atomic E-state index is 0.779. The molecule has 3 aromatic rings. The van der Waals surface area contributed by atoms with Gasteiger partial charge in [0.1, 0.15) is 4.64 Å². The van der Waals surface area contributed by atoms with Crippen LogP contribution in [0.1, 0.15) is 5.56 Å². The summed E-state index contributed by atoms with van der Waals surface area (Å²) in [5, 5.41) is 3.35. The standard InChI is InChI=1S/C16H14N2S/c1-12-7-9-13(10-8-12)15-11-16(19)18(17-15)14-5-3-2-4-6-14/h2-11,17H,1H3. The lowest BCUT2D eigenvalue weighted by Gasteiger charge is -2.03. The molecule has 0 aliphatic heterocycles. The van der Waals surface area contributed by atoms with Crippen LogP contribution in [0, 0.1) is 11.6 Å². The minimum atomic E-state index is 0.779. The Morgan fingerprint density at radius 2 is 1.63 bits per heavy atom. The molecule has 0 saturated heterocycles. The third-order valence-corrected chi connectivity index (χ3v) is 3.40. The van der Waals surface area contributed by atoms with Gasteiger partial charge in [-0.1, -0.05) is 60.2 Å². The lowest BCUT2D eigenvalue weighted by molar-refractivity contribution is 0.873. The van der Waals surface area contributed by atoms with Crippen LogP contribution >= 0.6 is 12.2 Å². The van der Waals surface area contributed by atoms with Crippen LogP contribution in [0.2, 0.25) is 0 Å². The van der Waals surface area contributed by atoms with Gasteiger partial charge in [0, 0.05) is 6.07 Å². The highest BCUT2D eigenvalue weighted by Gasteiger charge is 2.04. The van der Waals surface area contributed by atoms with Gasteiger partial charge in [0.15, 0.2) is 0 Å². The van der Waals surface area contributed by atoms with Gasteiger partial charge < -0.3 is 0 Å². The molecule has 0 aliphatic carbocycles. The molecule has 0 fully saturated rings. The van der Waals surface area contributed by atoms with E-state index in [1.165, 1.54) is 5.56 Å². The molecule has 0 saturated carbocycles. The van der Waals surface area contributed by atoms with E-state index in [2.05, 4.69) is 36.3 Å². The van der Waals surface area contributed by atoms with Crippen LogP contribution in [0.3, 0.4) is 0 Å². The molecule has 3 rings (SSSR count). The molecule has 0 atom stereocenters. The Balaban J connectivity index is 2.07. The van der Waals surface area contributed by atoms with E-state index < -0.39 is 0 Å². The minimum Gasteiger partial charge on any atom is -0.292 e. The zero-order valence-electron chi connectivity index (χ0n) is 10.6. The summed E-state index contributed by atoms with van der Waals surface area (Å²) in [7, 11) is 0. The van der Waals surface area contributed by atoms with Gasteiger partial charge in [-0.15, -0.1) is 0 Å². The summed E-state index contributed by atoms with van der Waals surface area (Å²) in [5.74, 6) is 0. The van der Waals surface area contributed by atoms with Crippen LogP contribution in [0.15, 0.2) is 60.7 Å². The number of hydrogen-bond acceptors (Lipinski definition) is 1. The number of benzene rings is 2. The fourth-order valence-corrected chi connectivity index (χ4v) is 2.31. The second-order valence-corrected chi connectivity index (χ2v) is 4.96. The van der Waals surface area contributed by atoms with Gasteiger partial charge in [0.2, 0.25) is 0 Å². The highest BCUT2D eigenvalue weighted by molar-refractivity contribution is 7.71. The Kier molecular flexibility index (Phi) is 3.05. The SMILES string of the molecule is Cc1ccc(-c2cc(=S)n(-c3ccccc3)[nH]2)cc1. The molecule has 0 bridgehead atoms. The highest BCUT2D eigenvalue weighted by atomic mass is 32.1. The first-order valence-electron chi connectivity index (χ1n) is 6.18. The van der Waals surface area contributed by atoms with E-state index in [-0.39, 0.29) is 0 Å². The third-order valence-electron chi connectivity index (χ3n) is 3.10. The Morgan fingerprint density at radius 1 is 0.947 bits per heavy atom. The molecular formula is C16H14N2S. The van der Waals surface area contributed by atoms with Crippen molar-refractivity contribution in [2.24, 2.45) is 0 Å². The van der Waals surface area contributed by atoms with Crippen molar-refractivity contribution in [2.75, 3.05) is 0 Å². The molecule has 3 heteroatoms. The molecule has 0 radical (unpaired) electrons. The normalized spacial score (nSPS) is 10.6. The van der Waals surface area contributed by atoms with Gasteiger partial charge in [-0.3, -0.25) is 5.10 Å². The number of nitrogens with one attached hydrogen (secondary N) is 1. The molecule has 1 aromatic heterocycles. The summed E-state index contributed by atoms with van der Waals surface area (Å²) < 4.78 is 2.70. The lowest BCUT2D eigenvalue weighted by Crippen LogP contribution is -1.95. The molecule has 1 N–H and O–H groups in total. The van der Waals surface area contributed by atoms with E-state index in [4.69, 9.17) is 12.2 Å². The summed E-state index contributed by atoms with van der Waals surface area (Å²) in [5.41, 5.74) is 4.48. The maximum absolute atomic E-state index is 5.41. The summed E-state index contributed by atoms with van der Waals surface area (Å²) in [6.07, 6.45) is 0. The number of para-hydroxylation sites is 1. The second-order valence-electron chi connectivity index (χ2n) is 4.55. The maximum Gasteiger partial charge on any atom is 0.128 e. The number of aromatic nitrogens is 2. The average molecular weight is 266 g/mol. The van der Waals surface area contributed by atoms with Gasteiger partial charge >= 0.3 is 0 Å². The van der Waals surface area contributed by atoms with Crippen molar-refractivity contribution < 1.29 is 0 Å². The Morgan fingerprint density at radius 3 is 2.32 bits per heavy atom. The van der Waals surface area contributed by atoms with Crippen LogP contribution in [-0.2, 0) is 0 Å². The van der Waals surface area contributed by atoms with Crippen LogP contribution in [0.4, 0.5) is 0 Å². The number of aryl methyl sites for hydroxylation is 1. The first-order valence-corrected chi connectivity index (χ1v) is 6.59. The lowest BCUT2D eigenvalue weighted by atomic mass is 10.1. The molecule has 94 valence electrons. The van der Waals surface area contributed by atoms with Crippen molar-refractivity contribution in [1.29, 1.82) is 0 Å². The molecule has 0 spiro atoms. The van der Waals surface area contributed by atoms with Crippen LogP contribution in [-0.4, -0.2) is 9.78 Å². The zero-order valence-corrected chi connectivity index (χ0v) is 11.4. The second kappa shape index (κ2) is 4.86. The summed E-state index contributed by atoms with van der Waals surface area (Å²) in [6, 6.07) is 20.5. The molecule has 2 aromatic carbocycles. The molecule has 0 aliphatic rings. The maximum atomic E-state index is 5.41. The zero-order chi connectivity index (χ0) is 13.2. The molecule has 19 heavy (non-hydrogen) atoms. The molecule has 0 amide bonds. The van der Waals surface area contributed by atoms with Crippen molar-refractivity contribution in [3.8, 4) is 16.9 Å². The summed E-state index contributed by atoms with van der Waals surface area (Å²) in [4.78, 5) is 0. The van der Waals surface area contributed by atoms with Gasteiger partial charge in [0.25, 0.3) is 0 Å².